The zero-order valence-electron chi connectivity index (χ0n) is 10.9. The lowest BCUT2D eigenvalue weighted by molar-refractivity contribution is 0.987. The molecule has 0 aliphatic rings. The van der Waals surface area contributed by atoms with Gasteiger partial charge in [-0.2, -0.15) is 5.26 Å². The standard InChI is InChI=1S/C16H15BrN2/c1-11-4-3-5-13(8-11)19-16(10-18)14-7-6-12(2)9-15(14)17/h3-9,16,19H,1-2H3. The number of rotatable bonds is 3. The van der Waals surface area contributed by atoms with E-state index in [0.717, 1.165) is 15.7 Å². The Balaban J connectivity index is 2.28. The summed E-state index contributed by atoms with van der Waals surface area (Å²) in [7, 11) is 0. The Bertz CT molecular complexity index is 629. The Morgan fingerprint density at radius 2 is 1.84 bits per heavy atom. The highest BCUT2D eigenvalue weighted by Gasteiger charge is 2.13. The third-order valence-electron chi connectivity index (χ3n) is 2.93. The first-order chi connectivity index (χ1) is 9.10. The minimum Gasteiger partial charge on any atom is -0.366 e. The molecule has 2 rings (SSSR count). The predicted octanol–water partition coefficient (Wildman–Crippen LogP) is 4.74. The van der Waals surface area contributed by atoms with Gasteiger partial charge in [-0.05, 0) is 43.2 Å². The fraction of sp³-hybridized carbons (Fsp3) is 0.188. The Kier molecular flexibility index (Phi) is 4.24. The Morgan fingerprint density at radius 1 is 1.11 bits per heavy atom. The van der Waals surface area contributed by atoms with E-state index in [-0.39, 0.29) is 6.04 Å². The molecule has 0 aliphatic heterocycles. The first kappa shape index (κ1) is 13.6. The van der Waals surface area contributed by atoms with Crippen molar-refractivity contribution in [1.82, 2.24) is 0 Å². The van der Waals surface area contributed by atoms with Crippen LogP contribution in [0.4, 0.5) is 5.69 Å². The normalized spacial score (nSPS) is 11.7. The van der Waals surface area contributed by atoms with E-state index in [1.165, 1.54) is 11.1 Å². The summed E-state index contributed by atoms with van der Waals surface area (Å²) in [4.78, 5) is 0. The largest absolute Gasteiger partial charge is 0.366 e. The van der Waals surface area contributed by atoms with Crippen LogP contribution in [0.3, 0.4) is 0 Å². The van der Waals surface area contributed by atoms with Gasteiger partial charge in [0.05, 0.1) is 6.07 Å². The molecule has 19 heavy (non-hydrogen) atoms. The van der Waals surface area contributed by atoms with E-state index in [9.17, 15) is 5.26 Å². The van der Waals surface area contributed by atoms with Crippen LogP contribution in [0.25, 0.3) is 0 Å². The summed E-state index contributed by atoms with van der Waals surface area (Å²) in [6, 6.07) is 16.0. The van der Waals surface area contributed by atoms with Crippen LogP contribution >= 0.6 is 15.9 Å². The summed E-state index contributed by atoms with van der Waals surface area (Å²) in [6.45, 7) is 4.07. The summed E-state index contributed by atoms with van der Waals surface area (Å²) >= 11 is 3.53. The van der Waals surface area contributed by atoms with Crippen LogP contribution in [-0.2, 0) is 0 Å². The van der Waals surface area contributed by atoms with Crippen LogP contribution in [0.1, 0.15) is 22.7 Å². The van der Waals surface area contributed by atoms with Gasteiger partial charge >= 0.3 is 0 Å². The molecular weight excluding hydrogens is 300 g/mol. The van der Waals surface area contributed by atoms with Gasteiger partial charge < -0.3 is 5.32 Å². The molecule has 1 N–H and O–H groups in total. The second-order valence-corrected chi connectivity index (χ2v) is 5.46. The van der Waals surface area contributed by atoms with Crippen molar-refractivity contribution in [1.29, 1.82) is 5.26 Å². The van der Waals surface area contributed by atoms with E-state index in [1.807, 2.05) is 56.3 Å². The molecule has 0 saturated carbocycles. The molecule has 1 atom stereocenters. The SMILES string of the molecule is Cc1cccc(NC(C#N)c2ccc(C)cc2Br)c1. The van der Waals surface area contributed by atoms with Gasteiger partial charge in [0.1, 0.15) is 6.04 Å². The molecule has 0 spiro atoms. The number of hydrogen-bond acceptors (Lipinski definition) is 2. The van der Waals surface area contributed by atoms with Gasteiger partial charge in [-0.1, -0.05) is 40.2 Å². The summed E-state index contributed by atoms with van der Waals surface area (Å²) in [5.41, 5.74) is 4.25. The number of benzene rings is 2. The summed E-state index contributed by atoms with van der Waals surface area (Å²) in [6.07, 6.45) is 0. The molecule has 0 aliphatic carbocycles. The topological polar surface area (TPSA) is 35.8 Å². The highest BCUT2D eigenvalue weighted by Crippen LogP contribution is 2.27. The molecule has 0 amide bonds. The monoisotopic (exact) mass is 314 g/mol. The number of nitriles is 1. The average Bonchev–Trinajstić information content (AvgIpc) is 2.37. The lowest BCUT2D eigenvalue weighted by atomic mass is 10.1. The van der Waals surface area contributed by atoms with Gasteiger partial charge in [0.2, 0.25) is 0 Å². The van der Waals surface area contributed by atoms with Crippen molar-refractivity contribution in [2.24, 2.45) is 0 Å². The van der Waals surface area contributed by atoms with E-state index in [2.05, 4.69) is 27.3 Å². The average molecular weight is 315 g/mol. The van der Waals surface area contributed by atoms with Gasteiger partial charge in [-0.3, -0.25) is 0 Å². The minimum absolute atomic E-state index is 0.364. The minimum atomic E-state index is -0.364. The number of aryl methyl sites for hydroxylation is 2. The molecule has 2 aromatic rings. The molecule has 0 fully saturated rings. The number of nitrogens with zero attached hydrogens (tertiary/aromatic N) is 1. The van der Waals surface area contributed by atoms with Crippen molar-refractivity contribution in [3.63, 3.8) is 0 Å². The van der Waals surface area contributed by atoms with Gasteiger partial charge in [0.25, 0.3) is 0 Å². The highest BCUT2D eigenvalue weighted by atomic mass is 79.9. The molecule has 2 aromatic carbocycles. The zero-order valence-corrected chi connectivity index (χ0v) is 12.5. The van der Waals surface area contributed by atoms with Gasteiger partial charge in [0.15, 0.2) is 0 Å². The van der Waals surface area contributed by atoms with Crippen LogP contribution in [-0.4, -0.2) is 0 Å². The quantitative estimate of drug-likeness (QED) is 0.888. The van der Waals surface area contributed by atoms with Crippen molar-refractivity contribution in [3.05, 3.63) is 63.6 Å². The number of hydrogen-bond donors (Lipinski definition) is 1. The molecule has 2 nitrogen and oxygen atoms in total. The smallest absolute Gasteiger partial charge is 0.141 e. The number of nitrogens with one attached hydrogen (secondary N) is 1. The Hall–Kier alpha value is -1.79. The van der Waals surface area contributed by atoms with Crippen molar-refractivity contribution in [3.8, 4) is 6.07 Å². The second kappa shape index (κ2) is 5.90. The van der Waals surface area contributed by atoms with Gasteiger partial charge in [-0.15, -0.1) is 0 Å². The van der Waals surface area contributed by atoms with Gasteiger partial charge in [0, 0.05) is 15.7 Å². The van der Waals surface area contributed by atoms with E-state index < -0.39 is 0 Å². The van der Waals surface area contributed by atoms with Crippen molar-refractivity contribution in [2.75, 3.05) is 5.32 Å². The maximum absolute atomic E-state index is 9.37. The molecule has 3 heteroatoms. The zero-order chi connectivity index (χ0) is 13.8. The molecule has 1 unspecified atom stereocenters. The van der Waals surface area contributed by atoms with Crippen LogP contribution in [0, 0.1) is 25.2 Å². The number of anilines is 1. The molecule has 0 bridgehead atoms. The molecule has 0 heterocycles. The third kappa shape index (κ3) is 3.36. The lowest BCUT2D eigenvalue weighted by Crippen LogP contribution is -2.09. The Morgan fingerprint density at radius 3 is 2.47 bits per heavy atom. The van der Waals surface area contributed by atoms with Crippen LogP contribution in [0.5, 0.6) is 0 Å². The third-order valence-corrected chi connectivity index (χ3v) is 3.61. The van der Waals surface area contributed by atoms with E-state index >= 15 is 0 Å². The second-order valence-electron chi connectivity index (χ2n) is 4.60. The summed E-state index contributed by atoms with van der Waals surface area (Å²) in [5, 5.41) is 12.6. The summed E-state index contributed by atoms with van der Waals surface area (Å²) < 4.78 is 0.958. The molecule has 96 valence electrons. The van der Waals surface area contributed by atoms with Crippen LogP contribution < -0.4 is 5.32 Å². The van der Waals surface area contributed by atoms with E-state index in [4.69, 9.17) is 0 Å². The Labute approximate surface area is 122 Å². The van der Waals surface area contributed by atoms with E-state index in [0.29, 0.717) is 0 Å². The van der Waals surface area contributed by atoms with Crippen molar-refractivity contribution >= 4 is 21.6 Å². The van der Waals surface area contributed by atoms with Crippen LogP contribution in [0.2, 0.25) is 0 Å². The van der Waals surface area contributed by atoms with Crippen molar-refractivity contribution in [2.45, 2.75) is 19.9 Å². The van der Waals surface area contributed by atoms with Crippen LogP contribution in [0.15, 0.2) is 46.9 Å². The molecular formula is C16H15BrN2. The fourth-order valence-corrected chi connectivity index (χ4v) is 2.67. The first-order valence-electron chi connectivity index (χ1n) is 6.09. The maximum atomic E-state index is 9.37. The first-order valence-corrected chi connectivity index (χ1v) is 6.88. The summed E-state index contributed by atoms with van der Waals surface area (Å²) in [5.74, 6) is 0. The highest BCUT2D eigenvalue weighted by molar-refractivity contribution is 9.10. The van der Waals surface area contributed by atoms with Crippen molar-refractivity contribution < 1.29 is 0 Å². The molecule has 0 radical (unpaired) electrons. The number of halogens is 1. The lowest BCUT2D eigenvalue weighted by Gasteiger charge is -2.15. The van der Waals surface area contributed by atoms with E-state index in [1.54, 1.807) is 0 Å². The molecule has 0 saturated heterocycles. The van der Waals surface area contributed by atoms with Gasteiger partial charge in [-0.25, -0.2) is 0 Å². The maximum Gasteiger partial charge on any atom is 0.141 e. The predicted molar refractivity (Wildman–Crippen MR) is 82.0 cm³/mol. The molecule has 0 aromatic heterocycles. The fourth-order valence-electron chi connectivity index (χ4n) is 1.95.